The number of rotatable bonds is 4. The molecule has 2 N–H and O–H groups in total. The molecule has 0 radical (unpaired) electrons. The minimum Gasteiger partial charge on any atom is -0.391 e. The lowest BCUT2D eigenvalue weighted by atomic mass is 10.0. The van der Waals surface area contributed by atoms with Crippen LogP contribution in [0.5, 0.6) is 5.88 Å². The SMILES string of the molecule is Cc1cc(OC(=O)N2CCN(C(=O)C(N)C(C)C)[C@@H](C)C2)n(-c2ccccc2)n1. The number of benzene rings is 1. The molecular formula is C21H29N5O3. The van der Waals surface area contributed by atoms with Gasteiger partial charge < -0.3 is 20.3 Å². The van der Waals surface area contributed by atoms with Gasteiger partial charge in [-0.05, 0) is 31.9 Å². The number of hydrogen-bond acceptors (Lipinski definition) is 5. The van der Waals surface area contributed by atoms with Crippen LogP contribution in [0, 0.1) is 12.8 Å². The van der Waals surface area contributed by atoms with Crippen molar-refractivity contribution in [2.75, 3.05) is 19.6 Å². The number of hydrogen-bond donors (Lipinski definition) is 1. The number of aryl methyl sites for hydroxylation is 1. The van der Waals surface area contributed by atoms with E-state index in [9.17, 15) is 9.59 Å². The highest BCUT2D eigenvalue weighted by Crippen LogP contribution is 2.21. The monoisotopic (exact) mass is 399 g/mol. The fourth-order valence-corrected chi connectivity index (χ4v) is 3.38. The number of piperazine rings is 1. The van der Waals surface area contributed by atoms with Crippen molar-refractivity contribution in [2.45, 2.75) is 39.8 Å². The quantitative estimate of drug-likeness (QED) is 0.851. The molecule has 156 valence electrons. The van der Waals surface area contributed by atoms with E-state index < -0.39 is 12.1 Å². The molecule has 0 spiro atoms. The first-order chi connectivity index (χ1) is 13.8. The lowest BCUT2D eigenvalue weighted by Crippen LogP contribution is -2.59. The first-order valence-electron chi connectivity index (χ1n) is 9.93. The molecule has 3 rings (SSSR count). The summed E-state index contributed by atoms with van der Waals surface area (Å²) in [4.78, 5) is 28.7. The summed E-state index contributed by atoms with van der Waals surface area (Å²) in [5, 5.41) is 4.42. The van der Waals surface area contributed by atoms with E-state index in [0.29, 0.717) is 25.5 Å². The number of amides is 2. The number of nitrogens with zero attached hydrogens (tertiary/aromatic N) is 4. The summed E-state index contributed by atoms with van der Waals surface area (Å²) >= 11 is 0. The molecule has 1 aromatic carbocycles. The van der Waals surface area contributed by atoms with Gasteiger partial charge in [-0.2, -0.15) is 5.10 Å². The van der Waals surface area contributed by atoms with Gasteiger partial charge in [0, 0.05) is 31.7 Å². The zero-order valence-electron chi connectivity index (χ0n) is 17.4. The molecule has 1 aliphatic rings. The highest BCUT2D eigenvalue weighted by molar-refractivity contribution is 5.82. The molecule has 1 fully saturated rings. The van der Waals surface area contributed by atoms with E-state index >= 15 is 0 Å². The van der Waals surface area contributed by atoms with Crippen LogP contribution in [-0.2, 0) is 4.79 Å². The normalized spacial score (nSPS) is 18.1. The third kappa shape index (κ3) is 4.59. The van der Waals surface area contributed by atoms with Gasteiger partial charge in [0.2, 0.25) is 11.8 Å². The van der Waals surface area contributed by atoms with Crippen LogP contribution in [0.3, 0.4) is 0 Å². The maximum absolute atomic E-state index is 12.8. The molecule has 0 saturated carbocycles. The molecule has 2 amide bonds. The molecule has 1 unspecified atom stereocenters. The van der Waals surface area contributed by atoms with Crippen LogP contribution in [0.2, 0.25) is 0 Å². The summed E-state index contributed by atoms with van der Waals surface area (Å²) in [6.07, 6.45) is -0.450. The van der Waals surface area contributed by atoms with Gasteiger partial charge >= 0.3 is 6.09 Å². The van der Waals surface area contributed by atoms with E-state index in [1.54, 1.807) is 20.5 Å². The van der Waals surface area contributed by atoms with Crippen molar-refractivity contribution in [1.29, 1.82) is 0 Å². The summed E-state index contributed by atoms with van der Waals surface area (Å²) in [5.74, 6) is 0.365. The maximum atomic E-state index is 12.8. The fourth-order valence-electron chi connectivity index (χ4n) is 3.38. The molecule has 0 aliphatic carbocycles. The summed E-state index contributed by atoms with van der Waals surface area (Å²) in [5.41, 5.74) is 7.59. The Kier molecular flexibility index (Phi) is 6.22. The van der Waals surface area contributed by atoms with Crippen molar-refractivity contribution in [3.05, 3.63) is 42.1 Å². The van der Waals surface area contributed by atoms with Crippen LogP contribution in [0.1, 0.15) is 26.5 Å². The van der Waals surface area contributed by atoms with Crippen LogP contribution in [0.15, 0.2) is 36.4 Å². The minimum absolute atomic E-state index is 0.0687. The zero-order valence-corrected chi connectivity index (χ0v) is 17.4. The molecule has 8 nitrogen and oxygen atoms in total. The van der Waals surface area contributed by atoms with E-state index in [0.717, 1.165) is 11.4 Å². The lowest BCUT2D eigenvalue weighted by Gasteiger charge is -2.40. The van der Waals surface area contributed by atoms with Crippen LogP contribution >= 0.6 is 0 Å². The second-order valence-corrected chi connectivity index (χ2v) is 7.84. The van der Waals surface area contributed by atoms with Gasteiger partial charge in [0.25, 0.3) is 0 Å². The Labute approximate surface area is 171 Å². The Morgan fingerprint density at radius 3 is 2.52 bits per heavy atom. The van der Waals surface area contributed by atoms with Gasteiger partial charge in [-0.25, -0.2) is 9.48 Å². The lowest BCUT2D eigenvalue weighted by molar-refractivity contribution is -0.137. The second kappa shape index (κ2) is 8.65. The number of aromatic nitrogens is 2. The third-order valence-electron chi connectivity index (χ3n) is 5.16. The Balaban J connectivity index is 1.67. The molecular weight excluding hydrogens is 370 g/mol. The Hall–Kier alpha value is -2.87. The first-order valence-corrected chi connectivity index (χ1v) is 9.93. The van der Waals surface area contributed by atoms with E-state index in [4.69, 9.17) is 10.5 Å². The highest BCUT2D eigenvalue weighted by atomic mass is 16.6. The van der Waals surface area contributed by atoms with Crippen molar-refractivity contribution < 1.29 is 14.3 Å². The Morgan fingerprint density at radius 2 is 1.90 bits per heavy atom. The molecule has 8 heteroatoms. The molecule has 29 heavy (non-hydrogen) atoms. The maximum Gasteiger partial charge on any atom is 0.416 e. The van der Waals surface area contributed by atoms with E-state index in [1.807, 2.05) is 58.0 Å². The smallest absolute Gasteiger partial charge is 0.391 e. The predicted molar refractivity (Wildman–Crippen MR) is 110 cm³/mol. The number of ether oxygens (including phenoxy) is 1. The first kappa shape index (κ1) is 20.9. The van der Waals surface area contributed by atoms with Gasteiger partial charge in [-0.1, -0.05) is 32.0 Å². The van der Waals surface area contributed by atoms with Gasteiger partial charge in [0.05, 0.1) is 17.4 Å². The Bertz CT molecular complexity index is 864. The summed E-state index contributed by atoms with van der Waals surface area (Å²) in [6.45, 7) is 8.86. The van der Waals surface area contributed by atoms with Gasteiger partial charge in [-0.15, -0.1) is 0 Å². The molecule has 2 heterocycles. The standard InChI is InChI=1S/C21H29N5O3/c1-14(2)19(22)20(27)25-11-10-24(13-16(25)4)21(28)29-18-12-15(3)23-26(18)17-8-6-5-7-9-17/h5-9,12,14,16,19H,10-11,13,22H2,1-4H3/t16-,19?/m0/s1. The van der Waals surface area contributed by atoms with Crippen molar-refractivity contribution in [3.63, 3.8) is 0 Å². The number of nitrogens with two attached hydrogens (primary N) is 1. The van der Waals surface area contributed by atoms with Crippen LogP contribution < -0.4 is 10.5 Å². The largest absolute Gasteiger partial charge is 0.416 e. The van der Waals surface area contributed by atoms with Crippen LogP contribution in [-0.4, -0.2) is 63.3 Å². The van der Waals surface area contributed by atoms with Crippen molar-refractivity contribution >= 4 is 12.0 Å². The fraction of sp³-hybridized carbons (Fsp3) is 0.476. The Morgan fingerprint density at radius 1 is 1.21 bits per heavy atom. The summed E-state index contributed by atoms with van der Waals surface area (Å²) < 4.78 is 7.26. The van der Waals surface area contributed by atoms with Crippen LogP contribution in [0.25, 0.3) is 5.69 Å². The van der Waals surface area contributed by atoms with Gasteiger partial charge in [0.1, 0.15) is 0 Å². The molecule has 0 bridgehead atoms. The third-order valence-corrected chi connectivity index (χ3v) is 5.16. The van der Waals surface area contributed by atoms with E-state index in [2.05, 4.69) is 5.10 Å². The number of carbonyl (C=O) groups is 2. The molecule has 1 aromatic heterocycles. The zero-order chi connectivity index (χ0) is 21.1. The summed E-state index contributed by atoms with van der Waals surface area (Å²) in [6, 6.07) is 10.6. The average molecular weight is 399 g/mol. The topological polar surface area (TPSA) is 93.7 Å². The molecule has 1 aliphatic heterocycles. The highest BCUT2D eigenvalue weighted by Gasteiger charge is 2.34. The van der Waals surface area contributed by atoms with Crippen LogP contribution in [0.4, 0.5) is 4.79 Å². The van der Waals surface area contributed by atoms with Gasteiger partial charge in [0.15, 0.2) is 0 Å². The van der Waals surface area contributed by atoms with Crippen molar-refractivity contribution in [3.8, 4) is 11.6 Å². The molecule has 2 aromatic rings. The number of para-hydroxylation sites is 1. The van der Waals surface area contributed by atoms with Crippen molar-refractivity contribution in [1.82, 2.24) is 19.6 Å². The van der Waals surface area contributed by atoms with Crippen molar-refractivity contribution in [2.24, 2.45) is 11.7 Å². The number of carbonyl (C=O) groups excluding carboxylic acids is 2. The average Bonchev–Trinajstić information content (AvgIpc) is 3.07. The minimum atomic E-state index is -0.529. The summed E-state index contributed by atoms with van der Waals surface area (Å²) in [7, 11) is 0. The van der Waals surface area contributed by atoms with Gasteiger partial charge in [-0.3, -0.25) is 4.79 Å². The second-order valence-electron chi connectivity index (χ2n) is 7.84. The van der Waals surface area contributed by atoms with E-state index in [-0.39, 0.29) is 17.9 Å². The van der Waals surface area contributed by atoms with E-state index in [1.165, 1.54) is 0 Å². The molecule has 2 atom stereocenters. The molecule has 1 saturated heterocycles. The predicted octanol–water partition coefficient (Wildman–Crippen LogP) is 2.20.